The molecule has 3 atom stereocenters. The van der Waals surface area contributed by atoms with Gasteiger partial charge in [-0.2, -0.15) is 0 Å². The minimum Gasteiger partial charge on any atom is -0.489 e. The SMILES string of the molecule is CC(C)OC1CN(C2CCCC2Oc2ccc3c(c2)CN(C2CCC(=O)NC2=O)C3=O)C1. The van der Waals surface area contributed by atoms with Crippen LogP contribution < -0.4 is 10.1 Å². The van der Waals surface area contributed by atoms with Crippen LogP contribution in [0.15, 0.2) is 18.2 Å². The predicted octanol–water partition coefficient (Wildman–Crippen LogP) is 1.86. The number of carbonyl (C=O) groups excluding carboxylic acids is 3. The molecule has 1 aliphatic carbocycles. The Bertz CT molecular complexity index is 926. The van der Waals surface area contributed by atoms with E-state index < -0.39 is 6.04 Å². The van der Waals surface area contributed by atoms with Crippen LogP contribution in [-0.2, 0) is 20.9 Å². The Hall–Kier alpha value is -2.45. The molecular formula is C24H31N3O5. The summed E-state index contributed by atoms with van der Waals surface area (Å²) in [5.41, 5.74) is 1.49. The van der Waals surface area contributed by atoms with Gasteiger partial charge < -0.3 is 14.4 Å². The smallest absolute Gasteiger partial charge is 0.255 e. The van der Waals surface area contributed by atoms with Crippen LogP contribution in [0.3, 0.4) is 0 Å². The van der Waals surface area contributed by atoms with Crippen molar-refractivity contribution in [3.63, 3.8) is 0 Å². The number of carbonyl (C=O) groups is 3. The highest BCUT2D eigenvalue weighted by Crippen LogP contribution is 2.34. The molecule has 172 valence electrons. The van der Waals surface area contributed by atoms with E-state index in [2.05, 4.69) is 24.1 Å². The number of nitrogens with zero attached hydrogens (tertiary/aromatic N) is 2. The minimum absolute atomic E-state index is 0.136. The van der Waals surface area contributed by atoms with Crippen molar-refractivity contribution in [2.24, 2.45) is 0 Å². The maximum atomic E-state index is 12.9. The molecule has 1 aromatic rings. The molecular weight excluding hydrogens is 410 g/mol. The van der Waals surface area contributed by atoms with Crippen LogP contribution in [-0.4, -0.2) is 71.0 Å². The number of likely N-dealkylation sites (tertiary alicyclic amines) is 1. The van der Waals surface area contributed by atoms with E-state index in [1.54, 1.807) is 11.0 Å². The monoisotopic (exact) mass is 441 g/mol. The predicted molar refractivity (Wildman–Crippen MR) is 116 cm³/mol. The molecule has 1 saturated carbocycles. The maximum Gasteiger partial charge on any atom is 0.255 e. The summed E-state index contributed by atoms with van der Waals surface area (Å²) < 4.78 is 12.3. The zero-order valence-electron chi connectivity index (χ0n) is 18.7. The van der Waals surface area contributed by atoms with Gasteiger partial charge in [-0.1, -0.05) is 0 Å². The molecule has 32 heavy (non-hydrogen) atoms. The average molecular weight is 442 g/mol. The van der Waals surface area contributed by atoms with Gasteiger partial charge in [-0.3, -0.25) is 24.6 Å². The first-order valence-electron chi connectivity index (χ1n) is 11.7. The Morgan fingerprint density at radius 2 is 1.91 bits per heavy atom. The van der Waals surface area contributed by atoms with Crippen molar-refractivity contribution in [1.82, 2.24) is 15.1 Å². The topological polar surface area (TPSA) is 88.2 Å². The molecule has 3 heterocycles. The van der Waals surface area contributed by atoms with Crippen LogP contribution in [0.4, 0.5) is 0 Å². The minimum atomic E-state index is -0.594. The van der Waals surface area contributed by atoms with Crippen LogP contribution >= 0.6 is 0 Å². The summed E-state index contributed by atoms with van der Waals surface area (Å²) in [5, 5.41) is 2.34. The summed E-state index contributed by atoms with van der Waals surface area (Å²) in [6.45, 7) is 6.44. The molecule has 3 aliphatic heterocycles. The summed E-state index contributed by atoms with van der Waals surface area (Å²) in [7, 11) is 0. The summed E-state index contributed by atoms with van der Waals surface area (Å²) in [5.74, 6) is -0.0471. The number of rotatable bonds is 6. The van der Waals surface area contributed by atoms with E-state index in [0.717, 1.165) is 43.7 Å². The molecule has 0 aromatic heterocycles. The number of benzene rings is 1. The van der Waals surface area contributed by atoms with E-state index in [1.807, 2.05) is 12.1 Å². The highest BCUT2D eigenvalue weighted by Gasteiger charge is 2.42. The summed E-state index contributed by atoms with van der Waals surface area (Å²) in [6.07, 6.45) is 4.64. The van der Waals surface area contributed by atoms with Gasteiger partial charge in [0.2, 0.25) is 11.8 Å². The van der Waals surface area contributed by atoms with E-state index >= 15 is 0 Å². The first-order valence-corrected chi connectivity index (χ1v) is 11.7. The average Bonchev–Trinajstić information content (AvgIpc) is 3.28. The maximum absolute atomic E-state index is 12.9. The highest BCUT2D eigenvalue weighted by molar-refractivity contribution is 6.05. The third-order valence-corrected chi connectivity index (χ3v) is 7.01. The van der Waals surface area contributed by atoms with Crippen LogP contribution in [0.25, 0.3) is 0 Å². The number of ether oxygens (including phenoxy) is 2. The van der Waals surface area contributed by atoms with Gasteiger partial charge in [0, 0.05) is 37.7 Å². The number of hydrogen-bond acceptors (Lipinski definition) is 6. The number of hydrogen-bond donors (Lipinski definition) is 1. The zero-order chi connectivity index (χ0) is 22.4. The fraction of sp³-hybridized carbons (Fsp3) is 0.625. The molecule has 5 rings (SSSR count). The van der Waals surface area contributed by atoms with Crippen LogP contribution in [0, 0.1) is 0 Å². The summed E-state index contributed by atoms with van der Waals surface area (Å²) in [6, 6.07) is 5.41. The normalized spacial score (nSPS) is 28.8. The lowest BCUT2D eigenvalue weighted by Crippen LogP contribution is -2.59. The Morgan fingerprint density at radius 1 is 1.09 bits per heavy atom. The van der Waals surface area contributed by atoms with Crippen LogP contribution in [0.1, 0.15) is 61.9 Å². The first kappa shape index (κ1) is 21.4. The van der Waals surface area contributed by atoms with Crippen molar-refractivity contribution in [2.75, 3.05) is 13.1 Å². The molecule has 8 heteroatoms. The molecule has 2 saturated heterocycles. The van der Waals surface area contributed by atoms with Gasteiger partial charge >= 0.3 is 0 Å². The fourth-order valence-corrected chi connectivity index (χ4v) is 5.47. The van der Waals surface area contributed by atoms with Gasteiger partial charge in [0.1, 0.15) is 17.9 Å². The molecule has 3 amide bonds. The molecule has 0 spiro atoms. The third-order valence-electron chi connectivity index (χ3n) is 7.01. The van der Waals surface area contributed by atoms with E-state index in [9.17, 15) is 14.4 Å². The molecule has 4 aliphatic rings. The lowest BCUT2D eigenvalue weighted by atomic mass is 10.0. The Balaban J connectivity index is 1.23. The lowest BCUT2D eigenvalue weighted by molar-refractivity contribution is -0.136. The number of amides is 3. The van der Waals surface area contributed by atoms with Crippen molar-refractivity contribution in [3.05, 3.63) is 29.3 Å². The van der Waals surface area contributed by atoms with Crippen molar-refractivity contribution in [2.45, 2.75) is 82.9 Å². The fourth-order valence-electron chi connectivity index (χ4n) is 5.47. The van der Waals surface area contributed by atoms with Crippen LogP contribution in [0.2, 0.25) is 0 Å². The Kier molecular flexibility index (Phi) is 5.67. The number of piperidine rings is 1. The third kappa shape index (κ3) is 4.01. The summed E-state index contributed by atoms with van der Waals surface area (Å²) >= 11 is 0. The van der Waals surface area contributed by atoms with Crippen molar-refractivity contribution >= 4 is 17.7 Å². The second-order valence-electron chi connectivity index (χ2n) is 9.63. The number of nitrogens with one attached hydrogen (secondary N) is 1. The summed E-state index contributed by atoms with van der Waals surface area (Å²) in [4.78, 5) is 40.6. The molecule has 0 bridgehead atoms. The van der Waals surface area contributed by atoms with E-state index in [1.165, 1.54) is 0 Å². The molecule has 3 fully saturated rings. The molecule has 3 unspecified atom stereocenters. The Morgan fingerprint density at radius 3 is 2.66 bits per heavy atom. The van der Waals surface area contributed by atoms with E-state index in [0.29, 0.717) is 30.7 Å². The first-order chi connectivity index (χ1) is 15.4. The van der Waals surface area contributed by atoms with Crippen molar-refractivity contribution in [1.29, 1.82) is 0 Å². The van der Waals surface area contributed by atoms with Crippen LogP contribution in [0.5, 0.6) is 5.75 Å². The van der Waals surface area contributed by atoms with E-state index in [-0.39, 0.29) is 36.4 Å². The largest absolute Gasteiger partial charge is 0.489 e. The standard InChI is InChI=1S/C24H31N3O5/c1-14(2)31-17-12-26(13-17)19-4-3-5-21(19)32-16-6-7-18-15(10-16)11-27(24(18)30)20-8-9-22(28)25-23(20)29/h6-7,10,14,17,19-21H,3-5,8-9,11-13H2,1-2H3,(H,25,28,29). The number of fused-ring (bicyclic) bond motifs is 1. The molecule has 1 aromatic carbocycles. The van der Waals surface area contributed by atoms with Gasteiger partial charge in [0.25, 0.3) is 5.91 Å². The second-order valence-corrected chi connectivity index (χ2v) is 9.63. The Labute approximate surface area is 188 Å². The zero-order valence-corrected chi connectivity index (χ0v) is 18.7. The highest BCUT2D eigenvalue weighted by atomic mass is 16.5. The lowest BCUT2D eigenvalue weighted by Gasteiger charge is -2.45. The molecule has 8 nitrogen and oxygen atoms in total. The van der Waals surface area contributed by atoms with E-state index in [4.69, 9.17) is 9.47 Å². The van der Waals surface area contributed by atoms with Crippen molar-refractivity contribution in [3.8, 4) is 5.75 Å². The van der Waals surface area contributed by atoms with Crippen molar-refractivity contribution < 1.29 is 23.9 Å². The second kappa shape index (κ2) is 8.48. The van der Waals surface area contributed by atoms with Gasteiger partial charge in [-0.25, -0.2) is 0 Å². The quantitative estimate of drug-likeness (QED) is 0.678. The molecule has 1 N–H and O–H groups in total. The van der Waals surface area contributed by atoms with Gasteiger partial charge in [0.15, 0.2) is 0 Å². The van der Waals surface area contributed by atoms with Gasteiger partial charge in [0.05, 0.1) is 12.2 Å². The molecule has 0 radical (unpaired) electrons. The van der Waals surface area contributed by atoms with Gasteiger partial charge in [-0.05, 0) is 63.3 Å². The van der Waals surface area contributed by atoms with Gasteiger partial charge in [-0.15, -0.1) is 0 Å². The number of imide groups is 1.